The standard InChI is InChI=1S/C11H15N5O4/c1-19-9-7-8(14-11(12)15-9)16(4-13-7)10-6(18)2-5(3-17)20-10/h4-6,10,17-18H,2-3H2,1H3,(H2,12,14,15). The average Bonchev–Trinajstić information content (AvgIpc) is 3.00. The van der Waals surface area contributed by atoms with Crippen LogP contribution in [0.1, 0.15) is 12.6 Å². The SMILES string of the molecule is COc1nc(N)nc2c1ncn2C1OC(CO)CC1O. The molecule has 3 rings (SSSR count). The third-order valence-corrected chi connectivity index (χ3v) is 3.24. The normalized spacial score (nSPS) is 26.2. The van der Waals surface area contributed by atoms with E-state index in [0.29, 0.717) is 17.6 Å². The molecule has 2 aromatic heterocycles. The Balaban J connectivity index is 2.07. The number of aromatic nitrogens is 4. The summed E-state index contributed by atoms with van der Waals surface area (Å²) in [4.78, 5) is 12.2. The summed E-state index contributed by atoms with van der Waals surface area (Å²) in [7, 11) is 1.46. The molecule has 1 fully saturated rings. The molecule has 1 aliphatic heterocycles. The fourth-order valence-corrected chi connectivity index (χ4v) is 2.33. The van der Waals surface area contributed by atoms with Crippen molar-refractivity contribution in [1.82, 2.24) is 19.5 Å². The van der Waals surface area contributed by atoms with E-state index < -0.39 is 18.4 Å². The maximum absolute atomic E-state index is 10.0. The minimum absolute atomic E-state index is 0.0438. The van der Waals surface area contributed by atoms with Crippen molar-refractivity contribution in [3.8, 4) is 5.88 Å². The number of ether oxygens (including phenoxy) is 2. The minimum Gasteiger partial charge on any atom is -0.479 e. The number of fused-ring (bicyclic) bond motifs is 1. The van der Waals surface area contributed by atoms with Crippen LogP contribution in [-0.2, 0) is 4.74 Å². The number of nitrogens with zero attached hydrogens (tertiary/aromatic N) is 4. The van der Waals surface area contributed by atoms with Crippen LogP contribution in [-0.4, -0.2) is 55.7 Å². The highest BCUT2D eigenvalue weighted by molar-refractivity contribution is 5.77. The van der Waals surface area contributed by atoms with E-state index in [1.165, 1.54) is 13.4 Å². The summed E-state index contributed by atoms with van der Waals surface area (Å²) >= 11 is 0. The highest BCUT2D eigenvalue weighted by atomic mass is 16.5. The molecule has 4 N–H and O–H groups in total. The Bertz CT molecular complexity index is 631. The zero-order valence-electron chi connectivity index (χ0n) is 10.8. The van der Waals surface area contributed by atoms with Crippen molar-refractivity contribution in [3.05, 3.63) is 6.33 Å². The first-order valence-corrected chi connectivity index (χ1v) is 6.12. The zero-order valence-corrected chi connectivity index (χ0v) is 10.8. The van der Waals surface area contributed by atoms with E-state index in [1.54, 1.807) is 4.57 Å². The summed E-state index contributed by atoms with van der Waals surface area (Å²) in [6.45, 7) is -0.152. The zero-order chi connectivity index (χ0) is 14.3. The van der Waals surface area contributed by atoms with E-state index in [2.05, 4.69) is 15.0 Å². The van der Waals surface area contributed by atoms with Gasteiger partial charge in [0.1, 0.15) is 6.10 Å². The summed E-state index contributed by atoms with van der Waals surface area (Å²) in [5.41, 5.74) is 6.48. The van der Waals surface area contributed by atoms with Gasteiger partial charge in [0.15, 0.2) is 17.4 Å². The molecule has 9 heteroatoms. The lowest BCUT2D eigenvalue weighted by Crippen LogP contribution is -2.19. The summed E-state index contributed by atoms with van der Waals surface area (Å²) in [5.74, 6) is 0.305. The van der Waals surface area contributed by atoms with Crippen molar-refractivity contribution >= 4 is 17.1 Å². The lowest BCUT2D eigenvalue weighted by atomic mass is 10.2. The first-order valence-electron chi connectivity index (χ1n) is 6.12. The van der Waals surface area contributed by atoms with Crippen molar-refractivity contribution < 1.29 is 19.7 Å². The molecule has 2 aromatic rings. The lowest BCUT2D eigenvalue weighted by Gasteiger charge is -2.16. The van der Waals surface area contributed by atoms with Gasteiger partial charge >= 0.3 is 0 Å². The summed E-state index contributed by atoms with van der Waals surface area (Å²) in [6, 6.07) is 0. The predicted octanol–water partition coefficient (Wildman–Crippen LogP) is -0.942. The van der Waals surface area contributed by atoms with Gasteiger partial charge in [-0.2, -0.15) is 9.97 Å². The van der Waals surface area contributed by atoms with Gasteiger partial charge in [-0.1, -0.05) is 0 Å². The van der Waals surface area contributed by atoms with Gasteiger partial charge in [0.05, 0.1) is 26.1 Å². The molecular formula is C11H15N5O4. The highest BCUT2D eigenvalue weighted by Crippen LogP contribution is 2.32. The molecule has 3 heterocycles. The van der Waals surface area contributed by atoms with Crippen LogP contribution in [0.2, 0.25) is 0 Å². The Hall–Kier alpha value is -1.97. The molecule has 9 nitrogen and oxygen atoms in total. The molecule has 1 saturated heterocycles. The van der Waals surface area contributed by atoms with E-state index in [9.17, 15) is 5.11 Å². The van der Waals surface area contributed by atoms with Crippen LogP contribution >= 0.6 is 0 Å². The lowest BCUT2D eigenvalue weighted by molar-refractivity contribution is -0.0486. The van der Waals surface area contributed by atoms with Crippen LogP contribution in [0.4, 0.5) is 5.95 Å². The van der Waals surface area contributed by atoms with Crippen molar-refractivity contribution in [2.24, 2.45) is 0 Å². The van der Waals surface area contributed by atoms with Gasteiger partial charge in [0, 0.05) is 6.42 Å². The van der Waals surface area contributed by atoms with Gasteiger partial charge in [-0.05, 0) is 0 Å². The van der Waals surface area contributed by atoms with Crippen LogP contribution in [0, 0.1) is 0 Å². The van der Waals surface area contributed by atoms with E-state index in [0.717, 1.165) is 0 Å². The molecule has 20 heavy (non-hydrogen) atoms. The molecule has 108 valence electrons. The molecule has 0 aliphatic carbocycles. The van der Waals surface area contributed by atoms with Crippen molar-refractivity contribution in [3.63, 3.8) is 0 Å². The van der Waals surface area contributed by atoms with Gasteiger partial charge in [-0.25, -0.2) is 4.98 Å². The van der Waals surface area contributed by atoms with Gasteiger partial charge in [-0.3, -0.25) is 4.57 Å². The number of methoxy groups -OCH3 is 1. The molecule has 0 radical (unpaired) electrons. The number of imidazole rings is 1. The molecule has 0 bridgehead atoms. The van der Waals surface area contributed by atoms with E-state index in [1.807, 2.05) is 0 Å². The average molecular weight is 281 g/mol. The minimum atomic E-state index is -0.758. The van der Waals surface area contributed by atoms with Gasteiger partial charge in [0.2, 0.25) is 11.8 Å². The topological polar surface area (TPSA) is 129 Å². The second-order valence-corrected chi connectivity index (χ2v) is 4.55. The predicted molar refractivity (Wildman–Crippen MR) is 67.9 cm³/mol. The number of nitrogens with two attached hydrogens (primary N) is 1. The smallest absolute Gasteiger partial charge is 0.246 e. The maximum Gasteiger partial charge on any atom is 0.246 e. The largest absolute Gasteiger partial charge is 0.479 e. The number of anilines is 1. The molecule has 3 atom stereocenters. The number of hydrogen-bond acceptors (Lipinski definition) is 8. The number of aliphatic hydroxyl groups is 2. The van der Waals surface area contributed by atoms with Crippen LogP contribution in [0.3, 0.4) is 0 Å². The Morgan fingerprint density at radius 1 is 1.55 bits per heavy atom. The van der Waals surface area contributed by atoms with E-state index in [4.69, 9.17) is 20.3 Å². The number of rotatable bonds is 3. The van der Waals surface area contributed by atoms with Crippen LogP contribution in [0.15, 0.2) is 6.33 Å². The summed E-state index contributed by atoms with van der Waals surface area (Å²) in [6.07, 6.45) is -0.00977. The molecule has 0 saturated carbocycles. The molecule has 3 unspecified atom stereocenters. The van der Waals surface area contributed by atoms with E-state index in [-0.39, 0.29) is 18.4 Å². The number of aliphatic hydroxyl groups excluding tert-OH is 2. The first kappa shape index (κ1) is 13.0. The molecule has 0 spiro atoms. The highest BCUT2D eigenvalue weighted by Gasteiger charge is 2.36. The first-order chi connectivity index (χ1) is 9.63. The van der Waals surface area contributed by atoms with Gasteiger partial charge in [-0.15, -0.1) is 0 Å². The Morgan fingerprint density at radius 3 is 3.00 bits per heavy atom. The van der Waals surface area contributed by atoms with Crippen molar-refractivity contribution in [1.29, 1.82) is 0 Å². The van der Waals surface area contributed by atoms with Crippen molar-refractivity contribution in [2.75, 3.05) is 19.5 Å². The number of nitrogen functional groups attached to an aromatic ring is 1. The van der Waals surface area contributed by atoms with Crippen LogP contribution in [0.25, 0.3) is 11.2 Å². The van der Waals surface area contributed by atoms with Crippen molar-refractivity contribution in [2.45, 2.75) is 24.9 Å². The van der Waals surface area contributed by atoms with Gasteiger partial charge < -0.3 is 25.4 Å². The number of hydrogen-bond donors (Lipinski definition) is 3. The second kappa shape index (κ2) is 4.85. The monoisotopic (exact) mass is 281 g/mol. The van der Waals surface area contributed by atoms with E-state index >= 15 is 0 Å². The third-order valence-electron chi connectivity index (χ3n) is 3.24. The fraction of sp³-hybridized carbons (Fsp3) is 0.545. The quantitative estimate of drug-likeness (QED) is 0.657. The maximum atomic E-state index is 10.0. The Kier molecular flexibility index (Phi) is 3.16. The van der Waals surface area contributed by atoms with Crippen LogP contribution < -0.4 is 10.5 Å². The summed E-state index contributed by atoms with van der Waals surface area (Å²) in [5, 5.41) is 19.1. The fourth-order valence-electron chi connectivity index (χ4n) is 2.33. The van der Waals surface area contributed by atoms with Gasteiger partial charge in [0.25, 0.3) is 0 Å². The third kappa shape index (κ3) is 1.96. The molecule has 0 aromatic carbocycles. The second-order valence-electron chi connectivity index (χ2n) is 4.55. The Morgan fingerprint density at radius 2 is 2.35 bits per heavy atom. The van der Waals surface area contributed by atoms with Crippen LogP contribution in [0.5, 0.6) is 5.88 Å². The molecule has 0 amide bonds. The Labute approximate surface area is 114 Å². The summed E-state index contributed by atoms with van der Waals surface area (Å²) < 4.78 is 12.2. The molecule has 1 aliphatic rings. The molecular weight excluding hydrogens is 266 g/mol.